The van der Waals surface area contributed by atoms with Crippen LogP contribution in [-0.2, 0) is 16.1 Å². The summed E-state index contributed by atoms with van der Waals surface area (Å²) < 4.78 is 6.72. The van der Waals surface area contributed by atoms with E-state index in [9.17, 15) is 19.2 Å². The Balaban J connectivity index is 1.40. The molecule has 1 saturated heterocycles. The van der Waals surface area contributed by atoms with Crippen LogP contribution in [0.3, 0.4) is 0 Å². The lowest BCUT2D eigenvalue weighted by Crippen LogP contribution is -2.33. The second-order valence-corrected chi connectivity index (χ2v) is 7.82. The van der Waals surface area contributed by atoms with Crippen LogP contribution in [0.4, 0.5) is 15.3 Å². The molecule has 3 heterocycles. The molecule has 4 amide bonds. The molecule has 1 aromatic heterocycles. The molecule has 2 aliphatic rings. The Labute approximate surface area is 183 Å². The molecule has 1 atom stereocenters. The van der Waals surface area contributed by atoms with Crippen LogP contribution in [0.15, 0.2) is 54.6 Å². The van der Waals surface area contributed by atoms with Gasteiger partial charge in [0.1, 0.15) is 11.8 Å². The second kappa shape index (κ2) is 7.52. The zero-order valence-electron chi connectivity index (χ0n) is 17.3. The molecular weight excluding hydrogens is 412 g/mol. The van der Waals surface area contributed by atoms with Gasteiger partial charge in [-0.3, -0.25) is 24.0 Å². The second-order valence-electron chi connectivity index (χ2n) is 7.82. The minimum absolute atomic E-state index is 0.195. The summed E-state index contributed by atoms with van der Waals surface area (Å²) in [7, 11) is 0. The van der Waals surface area contributed by atoms with Gasteiger partial charge in [0.15, 0.2) is 0 Å². The third kappa shape index (κ3) is 3.27. The van der Waals surface area contributed by atoms with Crippen LogP contribution in [0.25, 0.3) is 10.9 Å². The molecule has 0 saturated carbocycles. The van der Waals surface area contributed by atoms with E-state index in [-0.39, 0.29) is 24.9 Å². The molecule has 32 heavy (non-hydrogen) atoms. The normalized spacial score (nSPS) is 17.8. The number of carbonyl (C=O) groups excluding carboxylic acids is 4. The largest absolute Gasteiger partial charge is 0.442 e. The molecule has 1 N–H and O–H groups in total. The van der Waals surface area contributed by atoms with Gasteiger partial charge >= 0.3 is 12.1 Å². The number of nitrogens with one attached hydrogen (secondary N) is 1. The highest BCUT2D eigenvalue weighted by molar-refractivity contribution is 6.16. The zero-order chi connectivity index (χ0) is 22.4. The topological polar surface area (TPSA) is 101 Å². The van der Waals surface area contributed by atoms with Crippen molar-refractivity contribution in [2.45, 2.75) is 19.6 Å². The Bertz CT molecular complexity index is 1270. The average molecular weight is 432 g/mol. The van der Waals surface area contributed by atoms with E-state index in [1.165, 1.54) is 21.3 Å². The fourth-order valence-electron chi connectivity index (χ4n) is 4.08. The first kappa shape index (κ1) is 19.8. The summed E-state index contributed by atoms with van der Waals surface area (Å²) in [6.07, 6.45) is -0.955. The summed E-state index contributed by atoms with van der Waals surface area (Å²) in [6, 6.07) is 15.8. The lowest BCUT2D eigenvalue weighted by molar-refractivity contribution is -0.119. The van der Waals surface area contributed by atoms with Gasteiger partial charge in [0.05, 0.1) is 25.2 Å². The van der Waals surface area contributed by atoms with Gasteiger partial charge in [-0.05, 0) is 29.8 Å². The monoisotopic (exact) mass is 432 g/mol. The summed E-state index contributed by atoms with van der Waals surface area (Å²) >= 11 is 0. The van der Waals surface area contributed by atoms with Crippen molar-refractivity contribution in [3.63, 3.8) is 0 Å². The van der Waals surface area contributed by atoms with E-state index in [0.717, 1.165) is 5.56 Å². The maximum absolute atomic E-state index is 13.0. The molecule has 9 nitrogen and oxygen atoms in total. The van der Waals surface area contributed by atoms with Crippen molar-refractivity contribution in [1.82, 2.24) is 14.8 Å². The van der Waals surface area contributed by atoms with E-state index >= 15 is 0 Å². The lowest BCUT2D eigenvalue weighted by Gasteiger charge is -2.15. The van der Waals surface area contributed by atoms with Crippen molar-refractivity contribution in [1.29, 1.82) is 0 Å². The number of hydrogen-bond acceptors (Lipinski definition) is 5. The van der Waals surface area contributed by atoms with Crippen LogP contribution in [0.2, 0.25) is 0 Å². The van der Waals surface area contributed by atoms with Gasteiger partial charge in [-0.25, -0.2) is 9.59 Å². The van der Waals surface area contributed by atoms with Crippen LogP contribution in [0, 0.1) is 0 Å². The molecule has 1 fully saturated rings. The lowest BCUT2D eigenvalue weighted by atomic mass is 10.2. The Morgan fingerprint density at radius 1 is 1.09 bits per heavy atom. The number of fused-ring (bicyclic) bond motifs is 3. The van der Waals surface area contributed by atoms with E-state index in [1.807, 2.05) is 30.3 Å². The molecule has 0 radical (unpaired) electrons. The highest BCUT2D eigenvalue weighted by Crippen LogP contribution is 2.32. The van der Waals surface area contributed by atoms with Gasteiger partial charge in [-0.15, -0.1) is 0 Å². The number of hydrogen-bond donors (Lipinski definition) is 1. The van der Waals surface area contributed by atoms with Crippen LogP contribution >= 0.6 is 0 Å². The van der Waals surface area contributed by atoms with Crippen LogP contribution in [0.1, 0.15) is 23.0 Å². The zero-order valence-corrected chi connectivity index (χ0v) is 17.3. The summed E-state index contributed by atoms with van der Waals surface area (Å²) in [5.74, 6) is -0.549. The van der Waals surface area contributed by atoms with Crippen molar-refractivity contribution in [2.75, 3.05) is 18.0 Å². The number of rotatable bonds is 5. The number of imide groups is 1. The Hall–Kier alpha value is -4.14. The highest BCUT2D eigenvalue weighted by Gasteiger charge is 2.38. The Morgan fingerprint density at radius 2 is 1.88 bits per heavy atom. The summed E-state index contributed by atoms with van der Waals surface area (Å²) in [6.45, 7) is 2.13. The predicted octanol–water partition coefficient (Wildman–Crippen LogP) is 2.73. The molecule has 162 valence electrons. The number of nitrogens with zero attached hydrogens (tertiary/aromatic N) is 3. The van der Waals surface area contributed by atoms with Crippen LogP contribution in [-0.4, -0.2) is 52.6 Å². The van der Waals surface area contributed by atoms with E-state index in [1.54, 1.807) is 24.3 Å². The van der Waals surface area contributed by atoms with Gasteiger partial charge in [0, 0.05) is 18.0 Å². The first-order chi connectivity index (χ1) is 15.4. The van der Waals surface area contributed by atoms with Crippen molar-refractivity contribution in [3.05, 3.63) is 65.9 Å². The van der Waals surface area contributed by atoms with E-state index in [0.29, 0.717) is 28.8 Å². The van der Waals surface area contributed by atoms with Crippen molar-refractivity contribution < 1.29 is 23.9 Å². The number of amides is 4. The number of cyclic esters (lactones) is 1. The minimum atomic E-state index is -0.507. The Kier molecular flexibility index (Phi) is 4.66. The standard InChI is InChI=1S/C23H20N4O5/c1-14(28)24-11-18-13-25(23(31)32-18)17-7-8-19-16(9-17)10-20-21(29)26(22(30)27(19)20)12-15-5-3-2-4-6-15/h2-10,18H,11-13H2,1H3,(H,24,28). The number of ether oxygens (including phenoxy) is 1. The van der Waals surface area contributed by atoms with E-state index in [4.69, 9.17) is 4.74 Å². The van der Waals surface area contributed by atoms with Gasteiger partial charge in [0.2, 0.25) is 5.91 Å². The minimum Gasteiger partial charge on any atom is -0.442 e. The number of anilines is 1. The molecule has 9 heteroatoms. The SMILES string of the molecule is CC(=O)NCC1CN(c2ccc3c(c2)cc2n3C(=O)N(Cc3ccccc3)C2=O)C(=O)O1. The first-order valence-electron chi connectivity index (χ1n) is 10.2. The van der Waals surface area contributed by atoms with Crippen molar-refractivity contribution in [3.8, 4) is 0 Å². The highest BCUT2D eigenvalue weighted by atomic mass is 16.6. The number of aromatic nitrogens is 1. The van der Waals surface area contributed by atoms with Crippen LogP contribution in [0.5, 0.6) is 0 Å². The molecule has 0 bridgehead atoms. The van der Waals surface area contributed by atoms with Gasteiger partial charge < -0.3 is 10.1 Å². The van der Waals surface area contributed by atoms with Gasteiger partial charge in [-0.2, -0.15) is 0 Å². The fraction of sp³-hybridized carbons (Fsp3) is 0.217. The predicted molar refractivity (Wildman–Crippen MR) is 115 cm³/mol. The number of benzene rings is 2. The summed E-state index contributed by atoms with van der Waals surface area (Å²) in [5.41, 5.74) is 2.36. The maximum atomic E-state index is 13.0. The number of carbonyl (C=O) groups is 4. The van der Waals surface area contributed by atoms with Crippen molar-refractivity contribution in [2.24, 2.45) is 0 Å². The van der Waals surface area contributed by atoms with Gasteiger partial charge in [0.25, 0.3) is 5.91 Å². The summed E-state index contributed by atoms with van der Waals surface area (Å²) in [5, 5.41) is 3.32. The quantitative estimate of drug-likeness (QED) is 0.668. The molecule has 1 unspecified atom stereocenters. The first-order valence-corrected chi connectivity index (χ1v) is 10.2. The smallest absolute Gasteiger partial charge is 0.414 e. The molecule has 2 aliphatic heterocycles. The molecule has 3 aromatic rings. The van der Waals surface area contributed by atoms with E-state index in [2.05, 4.69) is 5.32 Å². The van der Waals surface area contributed by atoms with E-state index < -0.39 is 18.2 Å². The molecule has 0 spiro atoms. The van der Waals surface area contributed by atoms with Crippen molar-refractivity contribution >= 4 is 40.5 Å². The van der Waals surface area contributed by atoms with Gasteiger partial charge in [-0.1, -0.05) is 30.3 Å². The average Bonchev–Trinajstić information content (AvgIpc) is 3.41. The third-order valence-electron chi connectivity index (χ3n) is 5.62. The molecule has 5 rings (SSSR count). The van der Waals surface area contributed by atoms with Crippen LogP contribution < -0.4 is 10.2 Å². The third-order valence-corrected chi connectivity index (χ3v) is 5.62. The maximum Gasteiger partial charge on any atom is 0.414 e. The summed E-state index contributed by atoms with van der Waals surface area (Å²) in [4.78, 5) is 52.0. The molecule has 2 aromatic carbocycles. The molecular formula is C23H20N4O5. The fourth-order valence-corrected chi connectivity index (χ4v) is 4.08. The Morgan fingerprint density at radius 3 is 2.62 bits per heavy atom. The molecule has 0 aliphatic carbocycles.